The number of nitrogens with two attached hydrogens (primary N) is 1. The molecule has 0 bridgehead atoms. The molecular formula is C55H78N4O19S. The van der Waals surface area contributed by atoms with Crippen LogP contribution in [-0.2, 0) is 81.2 Å². The number of amides is 3. The highest BCUT2D eigenvalue weighted by molar-refractivity contribution is 7.90. The quantitative estimate of drug-likeness (QED) is 0.0267. The summed E-state index contributed by atoms with van der Waals surface area (Å²) in [4.78, 5) is 57.9. The van der Waals surface area contributed by atoms with Gasteiger partial charge in [-0.05, 0) is 67.3 Å². The summed E-state index contributed by atoms with van der Waals surface area (Å²) in [6, 6.07) is 14.3. The molecule has 0 atom stereocenters. The number of fused-ring (bicyclic) bond motifs is 2. The zero-order valence-electron chi connectivity index (χ0n) is 45.5. The summed E-state index contributed by atoms with van der Waals surface area (Å²) in [5.74, 6) is -1.84. The lowest BCUT2D eigenvalue weighted by Gasteiger charge is -2.25. The summed E-state index contributed by atoms with van der Waals surface area (Å²) in [5, 5.41) is 9.57. The Morgan fingerprint density at radius 3 is 1.59 bits per heavy atom. The molecule has 0 spiro atoms. The lowest BCUT2D eigenvalue weighted by Crippen LogP contribution is -2.34. The minimum absolute atomic E-state index is 0.00405. The van der Waals surface area contributed by atoms with Gasteiger partial charge in [-0.1, -0.05) is 6.42 Å². The highest BCUT2D eigenvalue weighted by atomic mass is 32.2. The molecule has 2 aliphatic heterocycles. The number of anilines is 1. The second-order valence-corrected chi connectivity index (χ2v) is 20.1. The Morgan fingerprint density at radius 2 is 1.09 bits per heavy atom. The Kier molecular flexibility index (Phi) is 29.9. The summed E-state index contributed by atoms with van der Waals surface area (Å²) in [5.41, 5.74) is 8.64. The third-order valence-electron chi connectivity index (χ3n) is 12.0. The molecular weight excluding hydrogens is 1050 g/mol. The number of carbonyl (C=O) groups excluding carboxylic acids is 4. The highest BCUT2D eigenvalue weighted by Gasteiger charge is 2.33. The molecule has 5 rings (SSSR count). The molecule has 1 saturated heterocycles. The van der Waals surface area contributed by atoms with Gasteiger partial charge in [0, 0.05) is 92.2 Å². The van der Waals surface area contributed by atoms with E-state index in [1.807, 2.05) is 0 Å². The van der Waals surface area contributed by atoms with Crippen molar-refractivity contribution in [2.75, 3.05) is 171 Å². The second kappa shape index (κ2) is 36.7. The number of nitrogens with one attached hydrogen (secondary N) is 1. The number of imide groups is 1. The molecule has 0 saturated carbocycles. The molecule has 3 N–H and O–H groups in total. The van der Waals surface area contributed by atoms with Gasteiger partial charge >= 0.3 is 5.97 Å². The molecule has 0 radical (unpaired) electrons. The van der Waals surface area contributed by atoms with E-state index in [1.165, 1.54) is 18.2 Å². The van der Waals surface area contributed by atoms with Gasteiger partial charge in [0.1, 0.15) is 11.3 Å². The van der Waals surface area contributed by atoms with Crippen molar-refractivity contribution in [1.82, 2.24) is 9.96 Å². The van der Waals surface area contributed by atoms with Crippen LogP contribution in [-0.4, -0.2) is 207 Å². The van der Waals surface area contributed by atoms with Crippen LogP contribution in [0, 0.1) is 5.41 Å². The van der Waals surface area contributed by atoms with Crippen LogP contribution in [0.25, 0.3) is 33.4 Å². The van der Waals surface area contributed by atoms with Crippen molar-refractivity contribution in [2.24, 2.45) is 0 Å². The number of ether oxygens (including phenoxy) is 11. The molecule has 23 nitrogen and oxygen atoms in total. The lowest BCUT2D eigenvalue weighted by molar-refractivity contribution is -0.197. The first-order chi connectivity index (χ1) is 38.4. The molecule has 0 unspecified atom stereocenters. The highest BCUT2D eigenvalue weighted by Crippen LogP contribution is 2.42. The number of hydrogen-bond donors (Lipinski definition) is 2. The minimum Gasteiger partial charge on any atom is -0.456 e. The van der Waals surface area contributed by atoms with Gasteiger partial charge in [-0.25, -0.2) is 13.2 Å². The number of rotatable bonds is 44. The maximum Gasteiger partial charge on any atom is 0.333 e. The van der Waals surface area contributed by atoms with Gasteiger partial charge in [0.2, 0.25) is 0 Å². The van der Waals surface area contributed by atoms with E-state index in [0.717, 1.165) is 6.26 Å². The minimum atomic E-state index is -3.74. The van der Waals surface area contributed by atoms with Gasteiger partial charge in [-0.3, -0.25) is 14.4 Å². The maximum atomic E-state index is 14.9. The average Bonchev–Trinajstić information content (AvgIpc) is 3.94. The molecule has 3 amide bonds. The van der Waals surface area contributed by atoms with Crippen molar-refractivity contribution in [3.63, 3.8) is 0 Å². The van der Waals surface area contributed by atoms with Crippen LogP contribution in [0.2, 0.25) is 0 Å². The largest absolute Gasteiger partial charge is 0.456 e. The Labute approximate surface area is 461 Å². The number of carbonyl (C=O) groups is 4. The predicted octanol–water partition coefficient (Wildman–Crippen LogP) is 4.48. The van der Waals surface area contributed by atoms with E-state index in [2.05, 4.69) is 0 Å². The Morgan fingerprint density at radius 1 is 0.595 bits per heavy atom. The van der Waals surface area contributed by atoms with Crippen LogP contribution in [0.4, 0.5) is 5.69 Å². The molecule has 24 heteroatoms. The first-order valence-corrected chi connectivity index (χ1v) is 28.5. The van der Waals surface area contributed by atoms with E-state index < -0.39 is 27.6 Å². The number of hydrogen-bond acceptors (Lipinski definition) is 21. The van der Waals surface area contributed by atoms with E-state index in [4.69, 9.17) is 72.5 Å². The topological polar surface area (TPSA) is 283 Å². The van der Waals surface area contributed by atoms with Crippen LogP contribution >= 0.6 is 0 Å². The number of nitrogens with zero attached hydrogens (tertiary/aromatic N) is 2. The third kappa shape index (κ3) is 23.6. The van der Waals surface area contributed by atoms with Crippen molar-refractivity contribution in [3.05, 3.63) is 65.5 Å². The van der Waals surface area contributed by atoms with Crippen molar-refractivity contribution < 1.29 is 89.0 Å². The Bertz CT molecular complexity index is 2600. The van der Waals surface area contributed by atoms with Crippen LogP contribution in [0.15, 0.2) is 63.9 Å². The van der Waals surface area contributed by atoms with Crippen molar-refractivity contribution in [1.29, 1.82) is 5.41 Å². The normalized spacial score (nSPS) is 12.9. The number of nitrogen functional groups attached to an aromatic ring is 1. The van der Waals surface area contributed by atoms with Crippen LogP contribution in [0.5, 0.6) is 0 Å². The molecule has 1 aliphatic carbocycles. The van der Waals surface area contributed by atoms with Gasteiger partial charge in [-0.15, -0.1) is 5.06 Å². The van der Waals surface area contributed by atoms with Crippen LogP contribution in [0.3, 0.4) is 0 Å². The van der Waals surface area contributed by atoms with Gasteiger partial charge in [0.25, 0.3) is 17.7 Å². The predicted molar refractivity (Wildman–Crippen MR) is 288 cm³/mol. The fourth-order valence-electron chi connectivity index (χ4n) is 7.96. The van der Waals surface area contributed by atoms with Gasteiger partial charge in [0.15, 0.2) is 9.84 Å². The van der Waals surface area contributed by atoms with E-state index in [-0.39, 0.29) is 54.1 Å². The summed E-state index contributed by atoms with van der Waals surface area (Å²) in [6.07, 6.45) is 2.85. The monoisotopic (exact) mass is 1130 g/mol. The molecule has 2 heterocycles. The summed E-state index contributed by atoms with van der Waals surface area (Å²) >= 11 is 0. The number of methoxy groups -OCH3 is 1. The fourth-order valence-corrected chi connectivity index (χ4v) is 8.61. The van der Waals surface area contributed by atoms with Gasteiger partial charge in [-0.2, -0.15) is 0 Å². The summed E-state index contributed by atoms with van der Waals surface area (Å²) in [7, 11) is -2.10. The lowest BCUT2D eigenvalue weighted by atomic mass is 9.90. The number of unbranched alkanes of at least 4 members (excludes halogenated alkanes) is 2. The van der Waals surface area contributed by atoms with Gasteiger partial charge < -0.3 is 77.4 Å². The van der Waals surface area contributed by atoms with Crippen molar-refractivity contribution >= 4 is 50.2 Å². The molecule has 2 aromatic carbocycles. The molecule has 79 heavy (non-hydrogen) atoms. The van der Waals surface area contributed by atoms with Gasteiger partial charge in [0.05, 0.1) is 142 Å². The zero-order chi connectivity index (χ0) is 56.5. The molecule has 0 aromatic heterocycles. The second-order valence-electron chi connectivity index (χ2n) is 18.0. The first-order valence-electron chi connectivity index (χ1n) is 26.6. The van der Waals surface area contributed by atoms with Crippen molar-refractivity contribution in [2.45, 2.75) is 49.8 Å². The number of hydroxylamine groups is 2. The van der Waals surface area contributed by atoms with E-state index in [0.29, 0.717) is 209 Å². The molecule has 2 aromatic rings. The third-order valence-corrected chi connectivity index (χ3v) is 13.1. The number of sulfone groups is 1. The van der Waals surface area contributed by atoms with Crippen LogP contribution < -0.4 is 11.1 Å². The van der Waals surface area contributed by atoms with E-state index >= 15 is 0 Å². The van der Waals surface area contributed by atoms with Crippen LogP contribution in [0.1, 0.15) is 55.3 Å². The number of benzene rings is 3. The molecule has 438 valence electrons. The SMILES string of the molecule is COCCOCCOCCOCCOCCOCCOCCOCCOCCOCCOCCCN(CCCCCC(=O)ON1C(=O)CCC1=O)C(=O)c1ccc(S(C)(=O)=O)cc1-c1c2ccc(=N)cc-2oc2cc(N)ccc12. The summed E-state index contributed by atoms with van der Waals surface area (Å²) < 4.78 is 92.6. The molecule has 1 fully saturated rings. The Hall–Kier alpha value is -5.48. The van der Waals surface area contributed by atoms with Crippen molar-refractivity contribution in [3.8, 4) is 22.5 Å². The van der Waals surface area contributed by atoms with E-state index in [1.54, 1.807) is 48.4 Å². The standard InChI is InChI=1S/C55H78N4O19S/c1-66-19-20-68-23-24-70-27-28-72-31-32-74-35-36-76-38-37-75-34-33-73-30-29-71-26-25-69-22-21-67-18-6-17-58(16-5-3-4-7-53(62)78-59-51(60)14-15-52(59)61)55(63)45-13-10-44(79(2,64)65)41-48(45)54-46-11-8-42(56)39-49(46)77-50-40-43(57)9-12-47(50)54/h8-13,39-41,56H,3-7,14-38,57H2,1-2H3. The zero-order valence-corrected chi connectivity index (χ0v) is 46.4. The first kappa shape index (κ1) is 64.3. The smallest absolute Gasteiger partial charge is 0.333 e. The maximum absolute atomic E-state index is 14.9. The fraction of sp³-hybridized carbons (Fsp3) is 0.582. The molecule has 3 aliphatic rings. The Balaban J connectivity index is 0.989. The van der Waals surface area contributed by atoms with E-state index in [9.17, 15) is 27.6 Å². The average molecular weight is 1130 g/mol. The summed E-state index contributed by atoms with van der Waals surface area (Å²) in [6.45, 7) is 9.85.